The summed E-state index contributed by atoms with van der Waals surface area (Å²) < 4.78 is 1.11. The van der Waals surface area contributed by atoms with Crippen LogP contribution in [0.5, 0.6) is 0 Å². The second-order valence-electron chi connectivity index (χ2n) is 5.21. The van der Waals surface area contributed by atoms with E-state index in [4.69, 9.17) is 0 Å². The van der Waals surface area contributed by atoms with Crippen molar-refractivity contribution >= 4 is 27.5 Å². The van der Waals surface area contributed by atoms with Crippen molar-refractivity contribution in [2.75, 3.05) is 24.5 Å². The molecule has 0 saturated carbocycles. The van der Waals surface area contributed by atoms with E-state index in [9.17, 15) is 4.79 Å². The number of anilines is 1. The second-order valence-corrected chi connectivity index (χ2v) is 6.13. The molecule has 0 radical (unpaired) electrons. The van der Waals surface area contributed by atoms with Gasteiger partial charge in [0.05, 0.1) is 0 Å². The molecule has 1 fully saturated rings. The molecule has 0 aromatic heterocycles. The van der Waals surface area contributed by atoms with Gasteiger partial charge in [0.15, 0.2) is 0 Å². The van der Waals surface area contributed by atoms with Gasteiger partial charge in [0.2, 0.25) is 5.91 Å². The first-order valence-electron chi connectivity index (χ1n) is 7.07. The topological polar surface area (TPSA) is 32.3 Å². The third-order valence-corrected chi connectivity index (χ3v) is 4.12. The first-order valence-corrected chi connectivity index (χ1v) is 7.86. The third-order valence-electron chi connectivity index (χ3n) is 3.62. The molecule has 20 heavy (non-hydrogen) atoms. The number of amides is 1. The van der Waals surface area contributed by atoms with Crippen LogP contribution in [0, 0.1) is 5.92 Å². The normalized spacial score (nSPS) is 18.1. The Labute approximate surface area is 129 Å². The molecule has 1 saturated heterocycles. The summed E-state index contributed by atoms with van der Waals surface area (Å²) in [6.07, 6.45) is 4.21. The van der Waals surface area contributed by atoms with E-state index in [0.29, 0.717) is 12.3 Å². The SMILES string of the molecule is C=CCCC(=O)NCC1CCN(c2cccc(Br)c2)C1. The Morgan fingerprint density at radius 3 is 3.15 bits per heavy atom. The molecule has 0 aliphatic carbocycles. The molecule has 1 N–H and O–H groups in total. The molecule has 1 aliphatic rings. The zero-order valence-electron chi connectivity index (χ0n) is 11.6. The van der Waals surface area contributed by atoms with Gasteiger partial charge in [-0.25, -0.2) is 0 Å². The summed E-state index contributed by atoms with van der Waals surface area (Å²) in [5.74, 6) is 0.674. The van der Waals surface area contributed by atoms with Crippen LogP contribution in [0.1, 0.15) is 19.3 Å². The van der Waals surface area contributed by atoms with E-state index in [1.807, 2.05) is 6.07 Å². The van der Waals surface area contributed by atoms with E-state index in [1.165, 1.54) is 5.69 Å². The zero-order valence-corrected chi connectivity index (χ0v) is 13.2. The molecule has 1 atom stereocenters. The number of nitrogens with zero attached hydrogens (tertiary/aromatic N) is 1. The number of nitrogens with one attached hydrogen (secondary N) is 1. The molecular formula is C16H21BrN2O. The fourth-order valence-electron chi connectivity index (χ4n) is 2.49. The maximum atomic E-state index is 11.6. The van der Waals surface area contributed by atoms with E-state index in [1.54, 1.807) is 6.08 Å². The van der Waals surface area contributed by atoms with Crippen molar-refractivity contribution in [2.24, 2.45) is 5.92 Å². The van der Waals surface area contributed by atoms with E-state index >= 15 is 0 Å². The van der Waals surface area contributed by atoms with E-state index in [-0.39, 0.29) is 5.91 Å². The highest BCUT2D eigenvalue weighted by molar-refractivity contribution is 9.10. The van der Waals surface area contributed by atoms with Crippen LogP contribution in [0.4, 0.5) is 5.69 Å². The van der Waals surface area contributed by atoms with Crippen LogP contribution in [0.25, 0.3) is 0 Å². The lowest BCUT2D eigenvalue weighted by Crippen LogP contribution is -2.30. The number of allylic oxidation sites excluding steroid dienone is 1. The molecule has 1 aromatic rings. The largest absolute Gasteiger partial charge is 0.371 e. The average molecular weight is 337 g/mol. The predicted octanol–water partition coefficient (Wildman–Crippen LogP) is 3.36. The van der Waals surface area contributed by atoms with Crippen LogP contribution in [0.15, 0.2) is 41.4 Å². The summed E-state index contributed by atoms with van der Waals surface area (Å²) in [5, 5.41) is 3.02. The average Bonchev–Trinajstić information content (AvgIpc) is 2.92. The van der Waals surface area contributed by atoms with Gasteiger partial charge in [-0.15, -0.1) is 6.58 Å². The number of rotatable bonds is 6. The summed E-state index contributed by atoms with van der Waals surface area (Å²) in [5.41, 5.74) is 1.25. The van der Waals surface area contributed by atoms with Crippen molar-refractivity contribution in [3.05, 3.63) is 41.4 Å². The molecular weight excluding hydrogens is 316 g/mol. The number of halogens is 1. The van der Waals surface area contributed by atoms with Crippen LogP contribution < -0.4 is 10.2 Å². The van der Waals surface area contributed by atoms with Crippen molar-refractivity contribution < 1.29 is 4.79 Å². The number of carbonyl (C=O) groups excluding carboxylic acids is 1. The van der Waals surface area contributed by atoms with Crippen LogP contribution >= 0.6 is 15.9 Å². The minimum absolute atomic E-state index is 0.130. The predicted molar refractivity (Wildman–Crippen MR) is 86.9 cm³/mol. The Morgan fingerprint density at radius 1 is 1.55 bits per heavy atom. The first-order chi connectivity index (χ1) is 9.69. The second kappa shape index (κ2) is 7.48. The van der Waals surface area contributed by atoms with Crippen molar-refractivity contribution in [2.45, 2.75) is 19.3 Å². The first kappa shape index (κ1) is 15.1. The van der Waals surface area contributed by atoms with Gasteiger partial charge in [0.1, 0.15) is 0 Å². The molecule has 1 amide bonds. The molecule has 0 spiro atoms. The summed E-state index contributed by atoms with van der Waals surface area (Å²) in [6, 6.07) is 8.38. The molecule has 1 heterocycles. The van der Waals surface area contributed by atoms with Crippen molar-refractivity contribution in [1.29, 1.82) is 0 Å². The Morgan fingerprint density at radius 2 is 2.40 bits per heavy atom. The standard InChI is InChI=1S/C16H21BrN2O/c1-2-3-7-16(20)18-11-13-8-9-19(12-13)15-6-4-5-14(17)10-15/h2,4-6,10,13H,1,3,7-9,11-12H2,(H,18,20). The van der Waals surface area contributed by atoms with Gasteiger partial charge in [-0.1, -0.05) is 28.1 Å². The zero-order chi connectivity index (χ0) is 14.4. The molecule has 0 bridgehead atoms. The Kier molecular flexibility index (Phi) is 5.65. The monoisotopic (exact) mass is 336 g/mol. The highest BCUT2D eigenvalue weighted by Gasteiger charge is 2.23. The van der Waals surface area contributed by atoms with Crippen LogP contribution in [0.3, 0.4) is 0 Å². The molecule has 1 aromatic carbocycles. The quantitative estimate of drug-likeness (QED) is 0.808. The molecule has 1 aliphatic heterocycles. The van der Waals surface area contributed by atoms with Gasteiger partial charge < -0.3 is 10.2 Å². The lowest BCUT2D eigenvalue weighted by molar-refractivity contribution is -0.121. The van der Waals surface area contributed by atoms with Crippen molar-refractivity contribution in [3.8, 4) is 0 Å². The number of hydrogen-bond acceptors (Lipinski definition) is 2. The summed E-state index contributed by atoms with van der Waals surface area (Å²) >= 11 is 3.51. The van der Waals surface area contributed by atoms with Crippen LogP contribution in [0.2, 0.25) is 0 Å². The van der Waals surface area contributed by atoms with Crippen molar-refractivity contribution in [3.63, 3.8) is 0 Å². The van der Waals surface area contributed by atoms with Gasteiger partial charge >= 0.3 is 0 Å². The lowest BCUT2D eigenvalue weighted by atomic mass is 10.1. The highest BCUT2D eigenvalue weighted by Crippen LogP contribution is 2.25. The highest BCUT2D eigenvalue weighted by atomic mass is 79.9. The summed E-state index contributed by atoms with van der Waals surface area (Å²) in [6.45, 7) is 6.48. The molecule has 4 heteroatoms. The Balaban J connectivity index is 1.78. The minimum atomic E-state index is 0.130. The van der Waals surface area contributed by atoms with Gasteiger partial charge in [-0.3, -0.25) is 4.79 Å². The number of carbonyl (C=O) groups is 1. The molecule has 1 unspecified atom stereocenters. The van der Waals surface area contributed by atoms with Gasteiger partial charge in [0, 0.05) is 36.2 Å². The van der Waals surface area contributed by atoms with E-state index < -0.39 is 0 Å². The lowest BCUT2D eigenvalue weighted by Gasteiger charge is -2.19. The molecule has 3 nitrogen and oxygen atoms in total. The summed E-state index contributed by atoms with van der Waals surface area (Å²) in [7, 11) is 0. The maximum Gasteiger partial charge on any atom is 0.220 e. The fourth-order valence-corrected chi connectivity index (χ4v) is 2.87. The smallest absolute Gasteiger partial charge is 0.220 e. The third kappa shape index (κ3) is 4.37. The van der Waals surface area contributed by atoms with E-state index in [0.717, 1.165) is 36.9 Å². The minimum Gasteiger partial charge on any atom is -0.371 e. The van der Waals surface area contributed by atoms with Crippen molar-refractivity contribution in [1.82, 2.24) is 5.32 Å². The Bertz CT molecular complexity index is 475. The number of benzene rings is 1. The summed E-state index contributed by atoms with van der Waals surface area (Å²) in [4.78, 5) is 14.0. The van der Waals surface area contributed by atoms with Gasteiger partial charge in [-0.2, -0.15) is 0 Å². The molecule has 2 rings (SSSR count). The van der Waals surface area contributed by atoms with Crippen LogP contribution in [-0.4, -0.2) is 25.5 Å². The molecule has 108 valence electrons. The van der Waals surface area contributed by atoms with E-state index in [2.05, 4.69) is 50.9 Å². The maximum absolute atomic E-state index is 11.6. The fraction of sp³-hybridized carbons (Fsp3) is 0.438. The van der Waals surface area contributed by atoms with Crippen LogP contribution in [-0.2, 0) is 4.79 Å². The van der Waals surface area contributed by atoms with Gasteiger partial charge in [0.25, 0.3) is 0 Å². The van der Waals surface area contributed by atoms with Gasteiger partial charge in [-0.05, 0) is 37.0 Å². The Hall–Kier alpha value is -1.29. The number of hydrogen-bond donors (Lipinski definition) is 1.